The van der Waals surface area contributed by atoms with Crippen molar-refractivity contribution in [2.75, 3.05) is 5.32 Å². The normalized spacial score (nSPS) is 16.8. The maximum atomic E-state index is 13.0. The lowest BCUT2D eigenvalue weighted by Gasteiger charge is -2.23. The molecule has 2 heterocycles. The molecule has 2 N–H and O–H groups in total. The van der Waals surface area contributed by atoms with Crippen LogP contribution in [0.1, 0.15) is 17.7 Å². The molecule has 2 aromatic heterocycles. The van der Waals surface area contributed by atoms with E-state index in [0.29, 0.717) is 6.04 Å². The molecule has 3 aromatic rings. The smallest absolute Gasteiger partial charge is 0.148 e. The van der Waals surface area contributed by atoms with E-state index in [2.05, 4.69) is 25.7 Å². The number of hydrogen-bond donors (Lipinski definition) is 2. The van der Waals surface area contributed by atoms with Gasteiger partial charge in [-0.2, -0.15) is 5.10 Å². The third-order valence-electron chi connectivity index (χ3n) is 4.17. The Morgan fingerprint density at radius 1 is 1.09 bits per heavy atom. The summed E-state index contributed by atoms with van der Waals surface area (Å²) in [5.41, 5.74) is 4.09. The van der Waals surface area contributed by atoms with Crippen molar-refractivity contribution in [3.8, 4) is 11.3 Å². The SMILES string of the molecule is Fc1ccc(-c2ccc(NC3CCc4[nH]ncc4C3)nn2)cc1. The van der Waals surface area contributed by atoms with Gasteiger partial charge >= 0.3 is 0 Å². The molecule has 0 saturated heterocycles. The largest absolute Gasteiger partial charge is 0.366 e. The lowest BCUT2D eigenvalue weighted by Crippen LogP contribution is -2.27. The second-order valence-electron chi connectivity index (χ2n) is 5.77. The zero-order valence-electron chi connectivity index (χ0n) is 12.5. The molecule has 1 aliphatic rings. The first-order valence-electron chi connectivity index (χ1n) is 7.65. The molecule has 0 spiro atoms. The van der Waals surface area contributed by atoms with Crippen LogP contribution in [0.15, 0.2) is 42.6 Å². The van der Waals surface area contributed by atoms with Gasteiger partial charge in [-0.25, -0.2) is 4.39 Å². The maximum Gasteiger partial charge on any atom is 0.148 e. The van der Waals surface area contributed by atoms with Crippen LogP contribution in [0, 0.1) is 5.82 Å². The van der Waals surface area contributed by atoms with Crippen molar-refractivity contribution in [1.29, 1.82) is 0 Å². The Hall–Kier alpha value is -2.76. The molecule has 6 heteroatoms. The summed E-state index contributed by atoms with van der Waals surface area (Å²) in [7, 11) is 0. The van der Waals surface area contributed by atoms with Gasteiger partial charge in [0, 0.05) is 17.3 Å². The monoisotopic (exact) mass is 309 g/mol. The van der Waals surface area contributed by atoms with E-state index in [-0.39, 0.29) is 5.82 Å². The van der Waals surface area contributed by atoms with Gasteiger partial charge in [-0.3, -0.25) is 5.10 Å². The molecule has 5 nitrogen and oxygen atoms in total. The Balaban J connectivity index is 1.45. The van der Waals surface area contributed by atoms with Crippen LogP contribution in [0.5, 0.6) is 0 Å². The molecule has 0 amide bonds. The lowest BCUT2D eigenvalue weighted by molar-refractivity contribution is 0.601. The molecule has 0 saturated carbocycles. The first kappa shape index (κ1) is 13.9. The number of anilines is 1. The number of aromatic amines is 1. The third kappa shape index (κ3) is 2.92. The van der Waals surface area contributed by atoms with Crippen LogP contribution in [0.3, 0.4) is 0 Å². The quantitative estimate of drug-likeness (QED) is 0.780. The van der Waals surface area contributed by atoms with Gasteiger partial charge in [-0.15, -0.1) is 10.2 Å². The number of benzene rings is 1. The third-order valence-corrected chi connectivity index (χ3v) is 4.17. The van der Waals surface area contributed by atoms with E-state index in [1.165, 1.54) is 23.4 Å². The van der Waals surface area contributed by atoms with Crippen LogP contribution in [-0.2, 0) is 12.8 Å². The number of aryl methyl sites for hydroxylation is 1. The molecular weight excluding hydrogens is 293 g/mol. The summed E-state index contributed by atoms with van der Waals surface area (Å²) in [6, 6.07) is 10.4. The minimum Gasteiger partial charge on any atom is -0.366 e. The van der Waals surface area contributed by atoms with E-state index in [0.717, 1.165) is 36.3 Å². The Labute approximate surface area is 133 Å². The first-order valence-corrected chi connectivity index (χ1v) is 7.65. The van der Waals surface area contributed by atoms with Crippen LogP contribution < -0.4 is 5.32 Å². The molecule has 23 heavy (non-hydrogen) atoms. The summed E-state index contributed by atoms with van der Waals surface area (Å²) < 4.78 is 13.0. The summed E-state index contributed by atoms with van der Waals surface area (Å²) in [4.78, 5) is 0. The molecule has 0 fully saturated rings. The van der Waals surface area contributed by atoms with Gasteiger partial charge in [0.1, 0.15) is 11.6 Å². The Kier molecular flexibility index (Phi) is 3.49. The fourth-order valence-corrected chi connectivity index (χ4v) is 2.93. The van der Waals surface area contributed by atoms with Crippen molar-refractivity contribution >= 4 is 5.82 Å². The highest BCUT2D eigenvalue weighted by Crippen LogP contribution is 2.22. The predicted octanol–water partition coefficient (Wildman–Crippen LogP) is 2.98. The molecule has 4 rings (SSSR count). The Morgan fingerprint density at radius 2 is 1.96 bits per heavy atom. The highest BCUT2D eigenvalue weighted by atomic mass is 19.1. The summed E-state index contributed by atoms with van der Waals surface area (Å²) >= 11 is 0. The number of aromatic nitrogens is 4. The maximum absolute atomic E-state index is 13.0. The Morgan fingerprint density at radius 3 is 2.74 bits per heavy atom. The van der Waals surface area contributed by atoms with Gasteiger partial charge in [0.15, 0.2) is 0 Å². The second kappa shape index (κ2) is 5.79. The zero-order chi connectivity index (χ0) is 15.6. The molecule has 0 aliphatic heterocycles. The summed E-state index contributed by atoms with van der Waals surface area (Å²) in [5, 5.41) is 19.0. The van der Waals surface area contributed by atoms with E-state index in [9.17, 15) is 4.39 Å². The van der Waals surface area contributed by atoms with Crippen LogP contribution in [0.4, 0.5) is 10.2 Å². The number of H-pyrrole nitrogens is 1. The summed E-state index contributed by atoms with van der Waals surface area (Å²) in [5.74, 6) is 0.503. The molecule has 1 unspecified atom stereocenters. The van der Waals surface area contributed by atoms with Crippen molar-refractivity contribution in [3.05, 3.63) is 59.7 Å². The lowest BCUT2D eigenvalue weighted by atomic mass is 9.93. The zero-order valence-corrected chi connectivity index (χ0v) is 12.5. The summed E-state index contributed by atoms with van der Waals surface area (Å²) in [6.07, 6.45) is 4.87. The van der Waals surface area contributed by atoms with Crippen molar-refractivity contribution in [1.82, 2.24) is 20.4 Å². The van der Waals surface area contributed by atoms with Crippen molar-refractivity contribution in [2.45, 2.75) is 25.3 Å². The van der Waals surface area contributed by atoms with E-state index >= 15 is 0 Å². The minimum absolute atomic E-state index is 0.254. The fourth-order valence-electron chi connectivity index (χ4n) is 2.93. The van der Waals surface area contributed by atoms with Gasteiger partial charge in [0.25, 0.3) is 0 Å². The fraction of sp³-hybridized carbons (Fsp3) is 0.235. The molecular formula is C17H16FN5. The van der Waals surface area contributed by atoms with Crippen molar-refractivity contribution in [3.63, 3.8) is 0 Å². The average molecular weight is 309 g/mol. The Bertz CT molecular complexity index is 795. The van der Waals surface area contributed by atoms with Crippen molar-refractivity contribution < 1.29 is 4.39 Å². The van der Waals surface area contributed by atoms with E-state index in [1.807, 2.05) is 18.3 Å². The number of hydrogen-bond acceptors (Lipinski definition) is 4. The summed E-state index contributed by atoms with van der Waals surface area (Å²) in [6.45, 7) is 0. The first-order chi connectivity index (χ1) is 11.3. The number of halogens is 1. The molecule has 0 bridgehead atoms. The number of nitrogens with zero attached hydrogens (tertiary/aromatic N) is 3. The second-order valence-corrected chi connectivity index (χ2v) is 5.77. The number of fused-ring (bicyclic) bond motifs is 1. The van der Waals surface area contributed by atoms with E-state index < -0.39 is 0 Å². The van der Waals surface area contributed by atoms with Crippen molar-refractivity contribution in [2.24, 2.45) is 0 Å². The topological polar surface area (TPSA) is 66.5 Å². The standard InChI is InChI=1S/C17H16FN5/c18-13-3-1-11(2-4-13)15-7-8-17(23-22-15)20-14-5-6-16-12(9-14)10-19-21-16/h1-4,7-8,10,14H,5-6,9H2,(H,19,21)(H,20,23). The van der Waals surface area contributed by atoms with Gasteiger partial charge in [0.05, 0.1) is 11.9 Å². The minimum atomic E-state index is -0.254. The van der Waals surface area contributed by atoms with E-state index in [1.54, 1.807) is 12.1 Å². The van der Waals surface area contributed by atoms with Gasteiger partial charge < -0.3 is 5.32 Å². The van der Waals surface area contributed by atoms with Gasteiger partial charge in [0.2, 0.25) is 0 Å². The average Bonchev–Trinajstić information content (AvgIpc) is 3.04. The molecule has 1 atom stereocenters. The van der Waals surface area contributed by atoms with Crippen LogP contribution in [-0.4, -0.2) is 26.4 Å². The molecule has 116 valence electrons. The van der Waals surface area contributed by atoms with Gasteiger partial charge in [-0.05, 0) is 61.2 Å². The number of rotatable bonds is 3. The van der Waals surface area contributed by atoms with Crippen LogP contribution in [0.2, 0.25) is 0 Å². The number of nitrogens with one attached hydrogen (secondary N) is 2. The van der Waals surface area contributed by atoms with Crippen LogP contribution >= 0.6 is 0 Å². The predicted molar refractivity (Wildman–Crippen MR) is 85.4 cm³/mol. The molecule has 1 aliphatic carbocycles. The highest BCUT2D eigenvalue weighted by molar-refractivity contribution is 5.59. The molecule has 0 radical (unpaired) electrons. The van der Waals surface area contributed by atoms with Gasteiger partial charge in [-0.1, -0.05) is 0 Å². The van der Waals surface area contributed by atoms with Crippen LogP contribution in [0.25, 0.3) is 11.3 Å². The highest BCUT2D eigenvalue weighted by Gasteiger charge is 2.20. The van der Waals surface area contributed by atoms with E-state index in [4.69, 9.17) is 0 Å². The molecule has 1 aromatic carbocycles.